The van der Waals surface area contributed by atoms with E-state index in [-0.39, 0.29) is 0 Å². The van der Waals surface area contributed by atoms with Gasteiger partial charge in [-0.05, 0) is 85.5 Å². The van der Waals surface area contributed by atoms with E-state index >= 15 is 0 Å². The fourth-order valence-corrected chi connectivity index (χ4v) is 8.00. The van der Waals surface area contributed by atoms with Gasteiger partial charge in [-0.2, -0.15) is 0 Å². The first-order valence-electron chi connectivity index (χ1n) is 18.3. The molecule has 0 N–H and O–H groups in total. The summed E-state index contributed by atoms with van der Waals surface area (Å²) in [6.07, 6.45) is 0.847. The molecule has 0 aliphatic rings. The van der Waals surface area contributed by atoms with Gasteiger partial charge in [0, 0.05) is 27.1 Å². The maximum atomic E-state index is 5.39. The molecule has 0 atom stereocenters. The molecule has 0 aliphatic carbocycles. The maximum absolute atomic E-state index is 5.39. The van der Waals surface area contributed by atoms with Crippen molar-refractivity contribution < 1.29 is 0 Å². The molecule has 0 bridgehead atoms. The van der Waals surface area contributed by atoms with Crippen LogP contribution in [0.15, 0.2) is 200 Å². The summed E-state index contributed by atoms with van der Waals surface area (Å²) in [5, 5.41) is 7.14. The summed E-state index contributed by atoms with van der Waals surface area (Å²) in [4.78, 5) is 5.39. The smallest absolute Gasteiger partial charge is 0.0794 e. The lowest BCUT2D eigenvalue weighted by molar-refractivity contribution is 1.19. The Hall–Kier alpha value is -6.83. The summed E-state index contributed by atoms with van der Waals surface area (Å²) in [7, 11) is 0. The summed E-state index contributed by atoms with van der Waals surface area (Å²) >= 11 is 0. The van der Waals surface area contributed by atoms with E-state index in [1.54, 1.807) is 0 Å². The van der Waals surface area contributed by atoms with Crippen molar-refractivity contribution in [1.82, 2.24) is 4.98 Å². The highest BCUT2D eigenvalue weighted by molar-refractivity contribution is 6.21. The molecule has 0 spiro atoms. The molecule has 1 nitrogen and oxygen atoms in total. The Bertz CT molecular complexity index is 2790. The normalized spacial score (nSPS) is 11.5. The Labute approximate surface area is 309 Å². The lowest BCUT2D eigenvalue weighted by Crippen LogP contribution is -1.93. The van der Waals surface area contributed by atoms with Crippen LogP contribution >= 0.6 is 0 Å². The largest absolute Gasteiger partial charge is 0.246 e. The Morgan fingerprint density at radius 1 is 0.283 bits per heavy atom. The van der Waals surface area contributed by atoms with E-state index in [0.717, 1.165) is 17.5 Å². The number of aromatic nitrogens is 1. The molecule has 0 saturated heterocycles. The zero-order valence-electron chi connectivity index (χ0n) is 29.2. The highest BCUT2D eigenvalue weighted by Gasteiger charge is 2.16. The quantitative estimate of drug-likeness (QED) is 0.126. The van der Waals surface area contributed by atoms with E-state index in [1.807, 2.05) is 0 Å². The van der Waals surface area contributed by atoms with Crippen LogP contribution in [-0.2, 0) is 6.42 Å². The van der Waals surface area contributed by atoms with Crippen molar-refractivity contribution >= 4 is 43.4 Å². The van der Waals surface area contributed by atoms with Gasteiger partial charge in [-0.15, -0.1) is 0 Å². The van der Waals surface area contributed by atoms with Crippen LogP contribution in [0.2, 0.25) is 0 Å². The number of fused-ring (bicyclic) bond motifs is 6. The lowest BCUT2D eigenvalue weighted by atomic mass is 9.91. The summed E-state index contributed by atoms with van der Waals surface area (Å²) in [5.41, 5.74) is 14.5. The molecular formula is C52H35N. The molecule has 1 heterocycles. The first-order chi connectivity index (χ1) is 26.2. The molecule has 0 radical (unpaired) electrons. The maximum Gasteiger partial charge on any atom is 0.0794 e. The summed E-state index contributed by atoms with van der Waals surface area (Å²) in [6, 6.07) is 72.7. The first-order valence-corrected chi connectivity index (χ1v) is 18.3. The van der Waals surface area contributed by atoms with Crippen molar-refractivity contribution in [2.75, 3.05) is 0 Å². The van der Waals surface area contributed by atoms with Gasteiger partial charge in [0.2, 0.25) is 0 Å². The van der Waals surface area contributed by atoms with Gasteiger partial charge in [-0.25, -0.2) is 4.98 Å². The molecule has 53 heavy (non-hydrogen) atoms. The second kappa shape index (κ2) is 13.1. The van der Waals surface area contributed by atoms with Crippen molar-refractivity contribution in [2.45, 2.75) is 6.42 Å². The van der Waals surface area contributed by atoms with Gasteiger partial charge in [-0.3, -0.25) is 0 Å². The topological polar surface area (TPSA) is 12.9 Å². The minimum atomic E-state index is 0.847. The minimum absolute atomic E-state index is 0.847. The van der Waals surface area contributed by atoms with Crippen LogP contribution in [0.4, 0.5) is 0 Å². The molecule has 248 valence electrons. The van der Waals surface area contributed by atoms with E-state index in [2.05, 4.69) is 200 Å². The van der Waals surface area contributed by atoms with Crippen molar-refractivity contribution in [3.05, 3.63) is 211 Å². The predicted molar refractivity (Wildman–Crippen MR) is 225 cm³/mol. The fourth-order valence-electron chi connectivity index (χ4n) is 8.00. The van der Waals surface area contributed by atoms with Crippen LogP contribution < -0.4 is 0 Å². The van der Waals surface area contributed by atoms with Gasteiger partial charge in [-0.1, -0.05) is 182 Å². The molecule has 0 amide bonds. The van der Waals surface area contributed by atoms with Crippen molar-refractivity contribution in [2.24, 2.45) is 0 Å². The van der Waals surface area contributed by atoms with Crippen LogP contribution in [-0.4, -0.2) is 4.98 Å². The molecule has 10 rings (SSSR count). The average Bonchev–Trinajstić information content (AvgIpc) is 3.23. The van der Waals surface area contributed by atoms with Gasteiger partial charge in [0.25, 0.3) is 0 Å². The fraction of sp³-hybridized carbons (Fsp3) is 0.0192. The molecular weight excluding hydrogens is 639 g/mol. The zero-order chi connectivity index (χ0) is 35.1. The SMILES string of the molecule is c1ccc(-c2cc(-c3ccccc3)cc(-c3ccc(Cc4cccc(-c5c6ccc7ccccc7c6nc6c5ccc5ccccc56)c4)cc3)c2)cc1. The van der Waals surface area contributed by atoms with Crippen LogP contribution in [0.1, 0.15) is 11.1 Å². The van der Waals surface area contributed by atoms with Crippen LogP contribution in [0.5, 0.6) is 0 Å². The van der Waals surface area contributed by atoms with Crippen molar-refractivity contribution in [3.63, 3.8) is 0 Å². The average molecular weight is 674 g/mol. The number of hydrogen-bond donors (Lipinski definition) is 0. The first kappa shape index (κ1) is 30.9. The summed E-state index contributed by atoms with van der Waals surface area (Å²) < 4.78 is 0. The molecule has 1 heteroatoms. The van der Waals surface area contributed by atoms with E-state index in [0.29, 0.717) is 0 Å². The number of hydrogen-bond acceptors (Lipinski definition) is 1. The minimum Gasteiger partial charge on any atom is -0.246 e. The van der Waals surface area contributed by atoms with Gasteiger partial charge in [0.1, 0.15) is 0 Å². The second-order valence-corrected chi connectivity index (χ2v) is 14.0. The van der Waals surface area contributed by atoms with Gasteiger partial charge in [0.05, 0.1) is 11.0 Å². The Balaban J connectivity index is 1.04. The third-order valence-corrected chi connectivity index (χ3v) is 10.6. The third-order valence-electron chi connectivity index (χ3n) is 10.6. The van der Waals surface area contributed by atoms with Gasteiger partial charge < -0.3 is 0 Å². The number of benzene rings is 9. The number of nitrogens with zero attached hydrogens (tertiary/aromatic N) is 1. The van der Waals surface area contributed by atoms with Crippen molar-refractivity contribution in [3.8, 4) is 44.5 Å². The standard InChI is InChI=1S/C52H35N/c1-3-13-37(14-4-1)43-32-44(38-15-5-2-6-16-38)34-45(33-43)39-24-22-35(23-25-39)30-36-12-11-19-42(31-36)50-48-28-26-40-17-7-9-20-46(40)51(48)53-52-47-21-10-8-18-41(47)27-29-49(50)52/h1-29,31-34H,30H2. The second-order valence-electron chi connectivity index (χ2n) is 14.0. The highest BCUT2D eigenvalue weighted by Crippen LogP contribution is 2.40. The predicted octanol–water partition coefficient (Wildman–Crippen LogP) is 14.0. The molecule has 1 aromatic heterocycles. The van der Waals surface area contributed by atoms with Crippen LogP contribution in [0.3, 0.4) is 0 Å². The molecule has 0 aliphatic heterocycles. The summed E-state index contributed by atoms with van der Waals surface area (Å²) in [5.74, 6) is 0. The van der Waals surface area contributed by atoms with E-state index in [4.69, 9.17) is 4.98 Å². The number of pyridine rings is 1. The van der Waals surface area contributed by atoms with E-state index in [1.165, 1.54) is 88.0 Å². The Morgan fingerprint density at radius 2 is 0.755 bits per heavy atom. The summed E-state index contributed by atoms with van der Waals surface area (Å²) in [6.45, 7) is 0. The monoisotopic (exact) mass is 673 g/mol. The number of rotatable bonds is 6. The molecule has 0 saturated carbocycles. The van der Waals surface area contributed by atoms with Crippen LogP contribution in [0, 0.1) is 0 Å². The molecule has 0 unspecified atom stereocenters. The molecule has 10 aromatic rings. The van der Waals surface area contributed by atoms with E-state index < -0.39 is 0 Å². The Kier molecular flexibility index (Phi) is 7.62. The molecule has 0 fully saturated rings. The van der Waals surface area contributed by atoms with Gasteiger partial charge in [0.15, 0.2) is 0 Å². The van der Waals surface area contributed by atoms with Gasteiger partial charge >= 0.3 is 0 Å². The van der Waals surface area contributed by atoms with E-state index in [9.17, 15) is 0 Å². The van der Waals surface area contributed by atoms with Crippen molar-refractivity contribution in [1.29, 1.82) is 0 Å². The molecule has 9 aromatic carbocycles. The zero-order valence-corrected chi connectivity index (χ0v) is 29.2. The third kappa shape index (κ3) is 5.73. The van der Waals surface area contributed by atoms with Crippen LogP contribution in [0.25, 0.3) is 87.9 Å². The Morgan fingerprint density at radius 3 is 1.30 bits per heavy atom. The highest BCUT2D eigenvalue weighted by atomic mass is 14.7. The lowest BCUT2D eigenvalue weighted by Gasteiger charge is -2.15.